The molecule has 5 fully saturated rings. The van der Waals surface area contributed by atoms with Crippen LogP contribution in [0.15, 0.2) is 11.6 Å². The lowest BCUT2D eigenvalue weighted by Crippen LogP contribution is -2.60. The van der Waals surface area contributed by atoms with Crippen molar-refractivity contribution in [1.82, 2.24) is 14.7 Å². The lowest BCUT2D eigenvalue weighted by atomic mass is 9.68. The minimum Gasteiger partial charge on any atom is -0.443 e. The number of hydrogen-bond donors (Lipinski definition) is 0. The highest BCUT2D eigenvalue weighted by Crippen LogP contribution is 2.59. The van der Waals surface area contributed by atoms with Crippen molar-refractivity contribution in [3.63, 3.8) is 0 Å². The maximum Gasteiger partial charge on any atom is 0.410 e. The molecule has 5 rings (SSSR count). The van der Waals surface area contributed by atoms with Gasteiger partial charge < -0.3 is 38.4 Å². The Morgan fingerprint density at radius 3 is 2.33 bits per heavy atom. The van der Waals surface area contributed by atoms with E-state index in [2.05, 4.69) is 31.7 Å². The van der Waals surface area contributed by atoms with Crippen LogP contribution in [0.4, 0.5) is 9.59 Å². The molecule has 0 aromatic rings. The Balaban J connectivity index is 1.14. The Morgan fingerprint density at radius 1 is 1.06 bits per heavy atom. The van der Waals surface area contributed by atoms with Gasteiger partial charge in [0.2, 0.25) is 0 Å². The number of likely N-dealkylation sites (tertiary alicyclic amines) is 1. The molecule has 1 saturated carbocycles. The summed E-state index contributed by atoms with van der Waals surface area (Å²) in [5.41, 5.74) is 0.649. The van der Waals surface area contributed by atoms with Gasteiger partial charge in [-0.15, -0.1) is 0 Å². The van der Waals surface area contributed by atoms with Crippen molar-refractivity contribution in [3.05, 3.63) is 11.6 Å². The predicted molar refractivity (Wildman–Crippen MR) is 131 cm³/mol. The number of hydrogen-bond acceptors (Lipinski definition) is 8. The van der Waals surface area contributed by atoms with Gasteiger partial charge >= 0.3 is 12.2 Å². The summed E-state index contributed by atoms with van der Waals surface area (Å²) in [6.45, 7) is 10.7. The van der Waals surface area contributed by atoms with E-state index >= 15 is 0 Å². The minimum absolute atomic E-state index is 0.00852. The molecule has 1 spiro atoms. The molecule has 0 radical (unpaired) electrons. The molecule has 5 aliphatic rings. The van der Waals surface area contributed by atoms with E-state index in [1.165, 1.54) is 5.57 Å². The van der Waals surface area contributed by atoms with Crippen LogP contribution < -0.4 is 0 Å². The summed E-state index contributed by atoms with van der Waals surface area (Å²) in [4.78, 5) is 30.8. The molecule has 0 aromatic carbocycles. The second kappa shape index (κ2) is 9.78. The standard InChI is InChI=1S/C26H41N3O7/c1-17(2)6-7-20-25(3,36-20)22-21(32-5)19(8-9-26(22)16-33-26)35-24(31)29-14-18(15-29)34-23(30)28-12-10-27(4)11-13-28/h6,18-22H,7-16H2,1-5H3/t19-,20-,21-,22?,25+,26+/m1/s1. The van der Waals surface area contributed by atoms with E-state index in [0.717, 1.165) is 25.9 Å². The average Bonchev–Trinajstić information content (AvgIpc) is 3.73. The number of ether oxygens (including phenoxy) is 5. The van der Waals surface area contributed by atoms with E-state index in [1.807, 2.05) is 7.05 Å². The molecule has 10 nitrogen and oxygen atoms in total. The summed E-state index contributed by atoms with van der Waals surface area (Å²) in [6, 6.07) is 0. The molecule has 1 aliphatic carbocycles. The van der Waals surface area contributed by atoms with E-state index in [1.54, 1.807) is 16.9 Å². The third kappa shape index (κ3) is 4.97. The number of likely N-dealkylation sites (N-methyl/N-ethyl adjacent to an activating group) is 1. The van der Waals surface area contributed by atoms with Crippen molar-refractivity contribution in [1.29, 1.82) is 0 Å². The van der Waals surface area contributed by atoms with Crippen LogP contribution in [0.2, 0.25) is 0 Å². The maximum atomic E-state index is 12.9. The first-order chi connectivity index (χ1) is 17.1. The SMILES string of the molecule is CO[C@H]1C([C@@]2(C)O[C@@H]2CC=C(C)C)[C@]2(CC[C@H]1OC(=O)N1CC(OC(=O)N3CCN(C)CC3)C1)CO2. The fraction of sp³-hybridized carbons (Fsp3) is 0.846. The Morgan fingerprint density at radius 2 is 1.72 bits per heavy atom. The molecule has 0 bridgehead atoms. The molecule has 2 amide bonds. The van der Waals surface area contributed by atoms with Gasteiger partial charge in [-0.25, -0.2) is 9.59 Å². The van der Waals surface area contributed by atoms with Gasteiger partial charge in [0.15, 0.2) is 0 Å². The minimum atomic E-state index is -0.386. The van der Waals surface area contributed by atoms with Crippen LogP contribution >= 0.6 is 0 Å². The predicted octanol–water partition coefficient (Wildman–Crippen LogP) is 2.27. The maximum absolute atomic E-state index is 12.9. The number of amides is 2. The summed E-state index contributed by atoms with van der Waals surface area (Å²) in [5.74, 6) is -0.00852. The van der Waals surface area contributed by atoms with Gasteiger partial charge in [0.05, 0.1) is 31.7 Å². The monoisotopic (exact) mass is 507 g/mol. The van der Waals surface area contributed by atoms with Gasteiger partial charge in [-0.2, -0.15) is 0 Å². The Hall–Kier alpha value is -1.88. The molecule has 0 N–H and O–H groups in total. The van der Waals surface area contributed by atoms with Gasteiger partial charge in [0, 0.05) is 33.3 Å². The fourth-order valence-electron chi connectivity index (χ4n) is 6.14. The lowest BCUT2D eigenvalue weighted by molar-refractivity contribution is -0.126. The van der Waals surface area contributed by atoms with Crippen LogP contribution in [-0.4, -0.2) is 123 Å². The molecular weight excluding hydrogens is 466 g/mol. The van der Waals surface area contributed by atoms with Gasteiger partial charge in [-0.1, -0.05) is 11.6 Å². The molecule has 202 valence electrons. The lowest BCUT2D eigenvalue weighted by Gasteiger charge is -2.44. The van der Waals surface area contributed by atoms with Crippen molar-refractivity contribution in [3.8, 4) is 0 Å². The number of allylic oxidation sites excluding steroid dienone is 1. The summed E-state index contributed by atoms with van der Waals surface area (Å²) >= 11 is 0. The van der Waals surface area contributed by atoms with E-state index in [0.29, 0.717) is 39.2 Å². The highest BCUT2D eigenvalue weighted by atomic mass is 16.6. The number of epoxide rings is 2. The van der Waals surface area contributed by atoms with Crippen LogP contribution in [0.25, 0.3) is 0 Å². The van der Waals surface area contributed by atoms with Crippen LogP contribution in [0.5, 0.6) is 0 Å². The molecule has 36 heavy (non-hydrogen) atoms. The molecule has 4 saturated heterocycles. The van der Waals surface area contributed by atoms with Crippen molar-refractivity contribution < 1.29 is 33.3 Å². The van der Waals surface area contributed by atoms with E-state index in [9.17, 15) is 9.59 Å². The summed E-state index contributed by atoms with van der Waals surface area (Å²) in [7, 11) is 3.72. The Bertz CT molecular complexity index is 875. The van der Waals surface area contributed by atoms with Crippen LogP contribution in [-0.2, 0) is 23.7 Å². The second-order valence-electron chi connectivity index (χ2n) is 11.5. The highest BCUT2D eigenvalue weighted by molar-refractivity contribution is 5.71. The Labute approximate surface area is 213 Å². The third-order valence-electron chi connectivity index (χ3n) is 8.62. The molecule has 10 heteroatoms. The number of carbonyl (C=O) groups is 2. The van der Waals surface area contributed by atoms with Crippen molar-refractivity contribution in [2.75, 3.05) is 60.0 Å². The molecular formula is C26H41N3O7. The zero-order valence-corrected chi connectivity index (χ0v) is 22.2. The van der Waals surface area contributed by atoms with Crippen molar-refractivity contribution in [2.45, 2.75) is 75.7 Å². The van der Waals surface area contributed by atoms with Crippen LogP contribution in [0.1, 0.15) is 40.0 Å². The highest BCUT2D eigenvalue weighted by Gasteiger charge is 2.72. The number of carbonyl (C=O) groups excluding carboxylic acids is 2. The molecule has 1 unspecified atom stereocenters. The molecule has 0 aromatic heterocycles. The van der Waals surface area contributed by atoms with Gasteiger partial charge in [-0.3, -0.25) is 0 Å². The summed E-state index contributed by atoms with van der Waals surface area (Å²) in [6.07, 6.45) is 3.01. The van der Waals surface area contributed by atoms with Crippen LogP contribution in [0, 0.1) is 5.92 Å². The summed E-state index contributed by atoms with van der Waals surface area (Å²) < 4.78 is 29.7. The number of rotatable bonds is 6. The first-order valence-electron chi connectivity index (χ1n) is 13.2. The van der Waals surface area contributed by atoms with E-state index < -0.39 is 0 Å². The average molecular weight is 508 g/mol. The van der Waals surface area contributed by atoms with Gasteiger partial charge in [0.1, 0.15) is 29.5 Å². The van der Waals surface area contributed by atoms with Crippen LogP contribution in [0.3, 0.4) is 0 Å². The summed E-state index contributed by atoms with van der Waals surface area (Å²) in [5, 5.41) is 0. The second-order valence-corrected chi connectivity index (χ2v) is 11.5. The topological polar surface area (TPSA) is 96.6 Å². The third-order valence-corrected chi connectivity index (χ3v) is 8.62. The zero-order valence-electron chi connectivity index (χ0n) is 22.2. The van der Waals surface area contributed by atoms with Gasteiger partial charge in [-0.05, 0) is 47.1 Å². The Kier molecular flexibility index (Phi) is 6.99. The van der Waals surface area contributed by atoms with Crippen molar-refractivity contribution >= 4 is 12.2 Å². The first-order valence-corrected chi connectivity index (χ1v) is 13.2. The normalized spacial score (nSPS) is 38.4. The smallest absolute Gasteiger partial charge is 0.410 e. The van der Waals surface area contributed by atoms with E-state index in [-0.39, 0.29) is 53.7 Å². The number of piperazine rings is 1. The molecule has 4 heterocycles. The first kappa shape index (κ1) is 25.8. The van der Waals surface area contributed by atoms with Crippen molar-refractivity contribution in [2.24, 2.45) is 5.92 Å². The molecule has 4 aliphatic heterocycles. The zero-order chi connectivity index (χ0) is 25.7. The number of methoxy groups -OCH3 is 1. The van der Waals surface area contributed by atoms with E-state index in [4.69, 9.17) is 23.7 Å². The quantitative estimate of drug-likeness (QED) is 0.399. The fourth-order valence-corrected chi connectivity index (χ4v) is 6.14. The molecule has 6 atom stereocenters. The largest absolute Gasteiger partial charge is 0.443 e. The van der Waals surface area contributed by atoms with Gasteiger partial charge in [0.25, 0.3) is 0 Å². The number of nitrogens with zero attached hydrogens (tertiary/aromatic N) is 3.